The van der Waals surface area contributed by atoms with Crippen molar-refractivity contribution >= 4 is 11.0 Å². The van der Waals surface area contributed by atoms with Crippen LogP contribution in [0, 0.1) is 0 Å². The first-order valence-electron chi connectivity index (χ1n) is 9.49. The van der Waals surface area contributed by atoms with E-state index in [1.54, 1.807) is 6.33 Å². The zero-order valence-corrected chi connectivity index (χ0v) is 15.4. The summed E-state index contributed by atoms with van der Waals surface area (Å²) >= 11 is 0. The van der Waals surface area contributed by atoms with Crippen LogP contribution in [0.4, 0.5) is 0 Å². The zero-order valence-electron chi connectivity index (χ0n) is 15.4. The van der Waals surface area contributed by atoms with Crippen LogP contribution in [0.2, 0.25) is 0 Å². The number of nitrogens with zero attached hydrogens (tertiary/aromatic N) is 1. The molecule has 1 N–H and O–H groups in total. The molecule has 0 atom stereocenters. The van der Waals surface area contributed by atoms with Gasteiger partial charge in [0, 0.05) is 0 Å². The molecular formula is C26H20N2. The number of hydrogen-bond acceptors (Lipinski definition) is 1. The molecule has 2 nitrogen and oxygen atoms in total. The highest BCUT2D eigenvalue weighted by molar-refractivity contribution is 5.77. The standard InChI is InChI=1S/C26H20N2/c1-4-10-20(11-5-1)26(21-12-6-2-7-13-21,22-14-8-3-9-15-22)23-16-17-24-25(18-23)28-19-27-24/h1-19H,(H,27,28). The zero-order chi connectivity index (χ0) is 18.8. The first-order valence-corrected chi connectivity index (χ1v) is 9.49. The Bertz CT molecular complexity index is 1100. The molecule has 1 aromatic heterocycles. The molecule has 0 unspecified atom stereocenters. The average molecular weight is 360 g/mol. The Morgan fingerprint density at radius 1 is 0.536 bits per heavy atom. The molecule has 0 aliphatic heterocycles. The van der Waals surface area contributed by atoms with E-state index in [1.807, 2.05) is 0 Å². The molecule has 0 spiro atoms. The van der Waals surface area contributed by atoms with Gasteiger partial charge >= 0.3 is 0 Å². The average Bonchev–Trinajstić information content (AvgIpc) is 3.25. The van der Waals surface area contributed by atoms with E-state index in [0.29, 0.717) is 0 Å². The Labute approximate surface area is 164 Å². The lowest BCUT2D eigenvalue weighted by Crippen LogP contribution is -2.30. The number of rotatable bonds is 4. The number of aromatic nitrogens is 2. The second-order valence-electron chi connectivity index (χ2n) is 6.98. The molecule has 5 aromatic rings. The van der Waals surface area contributed by atoms with Crippen molar-refractivity contribution in [3.8, 4) is 0 Å². The minimum absolute atomic E-state index is 0.414. The van der Waals surface area contributed by atoms with Crippen molar-refractivity contribution in [3.05, 3.63) is 138 Å². The highest BCUT2D eigenvalue weighted by atomic mass is 14.9. The van der Waals surface area contributed by atoms with Crippen molar-refractivity contribution in [3.63, 3.8) is 0 Å². The summed E-state index contributed by atoms with van der Waals surface area (Å²) in [5.74, 6) is 0. The van der Waals surface area contributed by atoms with Gasteiger partial charge in [0.2, 0.25) is 0 Å². The lowest BCUT2D eigenvalue weighted by molar-refractivity contribution is 0.746. The maximum Gasteiger partial charge on any atom is 0.0931 e. The predicted octanol–water partition coefficient (Wildman–Crippen LogP) is 5.95. The largest absolute Gasteiger partial charge is 0.345 e. The second-order valence-corrected chi connectivity index (χ2v) is 6.98. The smallest absolute Gasteiger partial charge is 0.0931 e. The van der Waals surface area contributed by atoms with Crippen LogP contribution in [-0.2, 0) is 5.41 Å². The summed E-state index contributed by atoms with van der Waals surface area (Å²) in [6.45, 7) is 0. The summed E-state index contributed by atoms with van der Waals surface area (Å²) in [6.07, 6.45) is 1.75. The van der Waals surface area contributed by atoms with Gasteiger partial charge in [-0.1, -0.05) is 97.1 Å². The van der Waals surface area contributed by atoms with Gasteiger partial charge in [0.25, 0.3) is 0 Å². The molecular weight excluding hydrogens is 340 g/mol. The molecule has 4 aromatic carbocycles. The molecule has 0 saturated carbocycles. The summed E-state index contributed by atoms with van der Waals surface area (Å²) in [6, 6.07) is 38.8. The number of imidazole rings is 1. The van der Waals surface area contributed by atoms with E-state index >= 15 is 0 Å². The minimum Gasteiger partial charge on any atom is -0.345 e. The third-order valence-electron chi connectivity index (χ3n) is 5.47. The topological polar surface area (TPSA) is 28.7 Å². The fourth-order valence-electron chi connectivity index (χ4n) is 4.23. The number of fused-ring (bicyclic) bond motifs is 1. The van der Waals surface area contributed by atoms with E-state index in [2.05, 4.69) is 119 Å². The Morgan fingerprint density at radius 3 is 1.54 bits per heavy atom. The van der Waals surface area contributed by atoms with E-state index < -0.39 is 5.41 Å². The SMILES string of the molecule is c1ccc(C(c2ccccc2)(c2ccccc2)c2ccc3nc[nH]c3c2)cc1. The normalized spacial score (nSPS) is 11.6. The fourth-order valence-corrected chi connectivity index (χ4v) is 4.23. The number of benzene rings is 4. The van der Waals surface area contributed by atoms with E-state index in [9.17, 15) is 0 Å². The highest BCUT2D eigenvalue weighted by Gasteiger charge is 2.38. The third kappa shape index (κ3) is 2.54. The minimum atomic E-state index is -0.414. The number of nitrogens with one attached hydrogen (secondary N) is 1. The van der Waals surface area contributed by atoms with Crippen LogP contribution in [0.15, 0.2) is 116 Å². The first-order chi connectivity index (χ1) is 13.9. The lowest BCUT2D eigenvalue weighted by Gasteiger charge is -2.36. The molecule has 0 fully saturated rings. The molecule has 1 heterocycles. The molecule has 134 valence electrons. The van der Waals surface area contributed by atoms with Crippen LogP contribution in [0.25, 0.3) is 11.0 Å². The van der Waals surface area contributed by atoms with Crippen LogP contribution in [-0.4, -0.2) is 9.97 Å². The molecule has 5 rings (SSSR count). The quantitative estimate of drug-likeness (QED) is 0.394. The Balaban J connectivity index is 1.92. The van der Waals surface area contributed by atoms with Crippen molar-refractivity contribution in [1.82, 2.24) is 9.97 Å². The molecule has 0 aliphatic carbocycles. The molecule has 28 heavy (non-hydrogen) atoms. The summed E-state index contributed by atoms with van der Waals surface area (Å²) in [7, 11) is 0. The van der Waals surface area contributed by atoms with Gasteiger partial charge in [-0.2, -0.15) is 0 Å². The summed E-state index contributed by atoms with van der Waals surface area (Å²) in [5, 5.41) is 0. The van der Waals surface area contributed by atoms with Gasteiger partial charge in [0.05, 0.1) is 22.8 Å². The summed E-state index contributed by atoms with van der Waals surface area (Å²) in [4.78, 5) is 7.68. The first kappa shape index (κ1) is 16.5. The maximum absolute atomic E-state index is 4.40. The molecule has 0 bridgehead atoms. The third-order valence-corrected chi connectivity index (χ3v) is 5.47. The van der Waals surface area contributed by atoms with Crippen molar-refractivity contribution in [2.24, 2.45) is 0 Å². The van der Waals surface area contributed by atoms with Crippen molar-refractivity contribution in [1.29, 1.82) is 0 Å². The van der Waals surface area contributed by atoms with E-state index in [0.717, 1.165) is 11.0 Å². The Hall–Kier alpha value is -3.65. The predicted molar refractivity (Wildman–Crippen MR) is 114 cm³/mol. The summed E-state index contributed by atoms with van der Waals surface area (Å²) < 4.78 is 0. The molecule has 0 aliphatic rings. The van der Waals surface area contributed by atoms with Gasteiger partial charge in [-0.3, -0.25) is 0 Å². The van der Waals surface area contributed by atoms with Crippen LogP contribution < -0.4 is 0 Å². The monoisotopic (exact) mass is 360 g/mol. The van der Waals surface area contributed by atoms with Gasteiger partial charge < -0.3 is 4.98 Å². The van der Waals surface area contributed by atoms with Gasteiger partial charge in [-0.05, 0) is 34.4 Å². The van der Waals surface area contributed by atoms with Gasteiger partial charge in [0.15, 0.2) is 0 Å². The molecule has 0 radical (unpaired) electrons. The maximum atomic E-state index is 4.40. The summed E-state index contributed by atoms with van der Waals surface area (Å²) in [5.41, 5.74) is 6.55. The molecule has 0 amide bonds. The van der Waals surface area contributed by atoms with E-state index in [1.165, 1.54) is 22.3 Å². The Morgan fingerprint density at radius 2 is 1.04 bits per heavy atom. The van der Waals surface area contributed by atoms with Crippen molar-refractivity contribution in [2.75, 3.05) is 0 Å². The second kappa shape index (κ2) is 6.82. The van der Waals surface area contributed by atoms with Crippen molar-refractivity contribution < 1.29 is 0 Å². The van der Waals surface area contributed by atoms with Crippen molar-refractivity contribution in [2.45, 2.75) is 5.41 Å². The van der Waals surface area contributed by atoms with Crippen LogP contribution >= 0.6 is 0 Å². The number of aromatic amines is 1. The highest BCUT2D eigenvalue weighted by Crippen LogP contribution is 2.45. The molecule has 0 saturated heterocycles. The lowest BCUT2D eigenvalue weighted by atomic mass is 9.65. The fraction of sp³-hybridized carbons (Fsp3) is 0.0385. The van der Waals surface area contributed by atoms with Crippen LogP contribution in [0.5, 0.6) is 0 Å². The van der Waals surface area contributed by atoms with E-state index in [4.69, 9.17) is 0 Å². The van der Waals surface area contributed by atoms with Crippen LogP contribution in [0.3, 0.4) is 0 Å². The number of hydrogen-bond donors (Lipinski definition) is 1. The van der Waals surface area contributed by atoms with Crippen LogP contribution in [0.1, 0.15) is 22.3 Å². The van der Waals surface area contributed by atoms with Gasteiger partial charge in [-0.15, -0.1) is 0 Å². The Kier molecular flexibility index (Phi) is 4.02. The van der Waals surface area contributed by atoms with Gasteiger partial charge in [-0.25, -0.2) is 4.98 Å². The molecule has 2 heteroatoms. The number of H-pyrrole nitrogens is 1. The van der Waals surface area contributed by atoms with E-state index in [-0.39, 0.29) is 0 Å². The van der Waals surface area contributed by atoms with Gasteiger partial charge in [0.1, 0.15) is 0 Å².